The van der Waals surface area contributed by atoms with Crippen molar-refractivity contribution in [3.05, 3.63) is 23.8 Å². The molecule has 82 valence electrons. The van der Waals surface area contributed by atoms with Crippen LogP contribution in [0, 0.1) is 0 Å². The highest BCUT2D eigenvalue weighted by molar-refractivity contribution is 5.85. The lowest BCUT2D eigenvalue weighted by Crippen LogP contribution is -2.03. The van der Waals surface area contributed by atoms with Crippen molar-refractivity contribution in [3.63, 3.8) is 0 Å². The van der Waals surface area contributed by atoms with Crippen molar-refractivity contribution in [1.29, 1.82) is 0 Å². The molecule has 7 heteroatoms. The topological polar surface area (TPSA) is 52.0 Å². The largest absolute Gasteiger partial charge is 0.424 e. The minimum Gasteiger partial charge on any atom is -0.424 e. The highest BCUT2D eigenvalue weighted by Gasteiger charge is 2.30. The maximum atomic E-state index is 12.2. The lowest BCUT2D eigenvalue weighted by atomic mass is 10.2. The predicted molar refractivity (Wildman–Crippen MR) is 50.7 cm³/mol. The molecule has 15 heavy (non-hydrogen) atoms. The van der Waals surface area contributed by atoms with Gasteiger partial charge >= 0.3 is 6.18 Å². The Kier molecular flexibility index (Phi) is 2.81. The number of fused-ring (bicyclic) bond motifs is 1. The Bertz CT molecular complexity index is 480. The number of aromatic nitrogens is 1. The number of hydrogen-bond donors (Lipinski definition) is 1. The summed E-state index contributed by atoms with van der Waals surface area (Å²) in [5, 5.41) is 0. The van der Waals surface area contributed by atoms with E-state index in [0.29, 0.717) is 0 Å². The Morgan fingerprint density at radius 3 is 2.53 bits per heavy atom. The molecule has 0 amide bonds. The molecule has 0 unspecified atom stereocenters. The normalized spacial score (nSPS) is 11.4. The highest BCUT2D eigenvalue weighted by atomic mass is 35.5. The van der Waals surface area contributed by atoms with Gasteiger partial charge in [-0.05, 0) is 18.2 Å². The third-order valence-corrected chi connectivity index (χ3v) is 1.73. The van der Waals surface area contributed by atoms with Gasteiger partial charge in [0.1, 0.15) is 5.52 Å². The monoisotopic (exact) mass is 238 g/mol. The summed E-state index contributed by atoms with van der Waals surface area (Å²) in [6.45, 7) is 0. The molecule has 0 fully saturated rings. The van der Waals surface area contributed by atoms with Crippen molar-refractivity contribution in [2.24, 2.45) is 0 Å². The molecule has 0 aliphatic rings. The van der Waals surface area contributed by atoms with Crippen molar-refractivity contribution in [2.75, 3.05) is 5.73 Å². The number of anilines is 1. The Hall–Kier alpha value is -1.43. The summed E-state index contributed by atoms with van der Waals surface area (Å²) in [6.07, 6.45) is -4.37. The Balaban J connectivity index is 0.00000112. The minimum atomic E-state index is -4.37. The molecule has 2 aromatic rings. The number of nitrogens with zero attached hydrogens (tertiary/aromatic N) is 1. The summed E-state index contributed by atoms with van der Waals surface area (Å²) >= 11 is 0. The van der Waals surface area contributed by atoms with Crippen molar-refractivity contribution in [1.82, 2.24) is 4.98 Å². The second kappa shape index (κ2) is 3.62. The van der Waals surface area contributed by atoms with Crippen LogP contribution >= 0.6 is 12.4 Å². The molecule has 1 aromatic carbocycles. The predicted octanol–water partition coefficient (Wildman–Crippen LogP) is 2.85. The first-order valence-corrected chi connectivity index (χ1v) is 3.70. The van der Waals surface area contributed by atoms with Crippen LogP contribution in [0.1, 0.15) is 5.56 Å². The van der Waals surface area contributed by atoms with Crippen LogP contribution in [0.25, 0.3) is 11.1 Å². The summed E-state index contributed by atoms with van der Waals surface area (Å²) in [7, 11) is 0. The number of alkyl halides is 3. The van der Waals surface area contributed by atoms with Gasteiger partial charge in [0.15, 0.2) is 5.58 Å². The van der Waals surface area contributed by atoms with Gasteiger partial charge < -0.3 is 10.2 Å². The zero-order valence-corrected chi connectivity index (χ0v) is 8.02. The van der Waals surface area contributed by atoms with Gasteiger partial charge in [0.2, 0.25) is 0 Å². The van der Waals surface area contributed by atoms with Crippen LogP contribution in [0.5, 0.6) is 0 Å². The second-order valence-corrected chi connectivity index (χ2v) is 2.73. The van der Waals surface area contributed by atoms with Gasteiger partial charge in [-0.15, -0.1) is 12.4 Å². The standard InChI is InChI=1S/C8H5F3N2O.ClH/c9-8(10,11)4-1-2-6-5(3-4)13-7(12)14-6;/h1-3H,(H2,12,13);1H. The number of halogens is 4. The van der Waals surface area contributed by atoms with Crippen molar-refractivity contribution in [2.45, 2.75) is 6.18 Å². The Morgan fingerprint density at radius 1 is 1.27 bits per heavy atom. The van der Waals surface area contributed by atoms with E-state index in [4.69, 9.17) is 10.2 Å². The van der Waals surface area contributed by atoms with Crippen LogP contribution in [0.2, 0.25) is 0 Å². The van der Waals surface area contributed by atoms with E-state index in [1.807, 2.05) is 0 Å². The maximum absolute atomic E-state index is 12.2. The third-order valence-electron chi connectivity index (χ3n) is 1.73. The molecule has 0 spiro atoms. The van der Waals surface area contributed by atoms with Crippen LogP contribution in [-0.4, -0.2) is 4.98 Å². The van der Waals surface area contributed by atoms with Crippen molar-refractivity contribution < 1.29 is 17.6 Å². The molecule has 0 saturated heterocycles. The molecular weight excluding hydrogens is 233 g/mol. The molecule has 0 aliphatic carbocycles. The van der Waals surface area contributed by atoms with E-state index in [1.54, 1.807) is 0 Å². The average molecular weight is 239 g/mol. The van der Waals surface area contributed by atoms with E-state index in [0.717, 1.165) is 12.1 Å². The van der Waals surface area contributed by atoms with Gasteiger partial charge in [-0.3, -0.25) is 0 Å². The minimum absolute atomic E-state index is 0. The Labute approximate surface area is 88.5 Å². The van der Waals surface area contributed by atoms with Crippen LogP contribution in [-0.2, 0) is 6.18 Å². The molecule has 0 radical (unpaired) electrons. The molecule has 1 heterocycles. The third kappa shape index (κ3) is 2.15. The summed E-state index contributed by atoms with van der Waals surface area (Å²) < 4.78 is 41.5. The highest BCUT2D eigenvalue weighted by Crippen LogP contribution is 2.31. The fraction of sp³-hybridized carbons (Fsp3) is 0.125. The van der Waals surface area contributed by atoms with Crippen molar-refractivity contribution >= 4 is 29.5 Å². The van der Waals surface area contributed by atoms with Crippen LogP contribution in [0.15, 0.2) is 22.6 Å². The van der Waals surface area contributed by atoms with Crippen molar-refractivity contribution in [3.8, 4) is 0 Å². The van der Waals surface area contributed by atoms with E-state index in [2.05, 4.69) is 4.98 Å². The number of benzene rings is 1. The van der Waals surface area contributed by atoms with Gasteiger partial charge in [0.05, 0.1) is 5.56 Å². The van der Waals surface area contributed by atoms with Gasteiger partial charge in [0, 0.05) is 0 Å². The van der Waals surface area contributed by atoms with Crippen LogP contribution < -0.4 is 5.73 Å². The van der Waals surface area contributed by atoms with Gasteiger partial charge in [-0.1, -0.05) is 0 Å². The SMILES string of the molecule is Cl.Nc1nc2cc(C(F)(F)F)ccc2o1. The summed E-state index contributed by atoms with van der Waals surface area (Å²) in [4.78, 5) is 3.60. The van der Waals surface area contributed by atoms with E-state index < -0.39 is 11.7 Å². The second-order valence-electron chi connectivity index (χ2n) is 2.73. The average Bonchev–Trinajstić information content (AvgIpc) is 2.41. The molecule has 2 N–H and O–H groups in total. The fourth-order valence-electron chi connectivity index (χ4n) is 1.12. The summed E-state index contributed by atoms with van der Waals surface area (Å²) in [6, 6.07) is 2.88. The van der Waals surface area contributed by atoms with E-state index in [-0.39, 0.29) is 29.5 Å². The molecule has 0 atom stereocenters. The van der Waals surface area contributed by atoms with Crippen LogP contribution in [0.4, 0.5) is 19.2 Å². The quantitative estimate of drug-likeness (QED) is 0.768. The number of oxazole rings is 1. The van der Waals surface area contributed by atoms with Gasteiger partial charge in [-0.2, -0.15) is 18.2 Å². The van der Waals surface area contributed by atoms with Gasteiger partial charge in [-0.25, -0.2) is 0 Å². The zero-order chi connectivity index (χ0) is 10.3. The van der Waals surface area contributed by atoms with E-state index >= 15 is 0 Å². The van der Waals surface area contributed by atoms with Crippen LogP contribution in [0.3, 0.4) is 0 Å². The molecule has 2 rings (SSSR count). The first-order valence-electron chi connectivity index (χ1n) is 3.70. The van der Waals surface area contributed by atoms with E-state index in [9.17, 15) is 13.2 Å². The first-order chi connectivity index (χ1) is 6.47. The molecule has 0 aliphatic heterocycles. The number of nitrogen functional groups attached to an aromatic ring is 1. The van der Waals surface area contributed by atoms with E-state index in [1.165, 1.54) is 6.07 Å². The maximum Gasteiger partial charge on any atom is 0.416 e. The molecule has 0 bridgehead atoms. The smallest absolute Gasteiger partial charge is 0.416 e. The summed E-state index contributed by atoms with van der Waals surface area (Å²) in [5.74, 6) is 0. The zero-order valence-electron chi connectivity index (χ0n) is 7.21. The fourth-order valence-corrected chi connectivity index (χ4v) is 1.12. The molecule has 1 aromatic heterocycles. The lowest BCUT2D eigenvalue weighted by molar-refractivity contribution is -0.137. The van der Waals surface area contributed by atoms with Gasteiger partial charge in [0.25, 0.3) is 6.01 Å². The molecular formula is C8H6ClF3N2O. The number of nitrogens with two attached hydrogens (primary N) is 1. The lowest BCUT2D eigenvalue weighted by Gasteiger charge is -2.04. The summed E-state index contributed by atoms with van der Waals surface area (Å²) in [5.41, 5.74) is 4.78. The molecule has 3 nitrogen and oxygen atoms in total. The number of rotatable bonds is 0. The number of hydrogen-bond acceptors (Lipinski definition) is 3. The molecule has 0 saturated carbocycles. The Morgan fingerprint density at radius 2 is 1.93 bits per heavy atom. The first kappa shape index (κ1) is 11.6.